The highest BCUT2D eigenvalue weighted by atomic mass is 32.1. The quantitative estimate of drug-likeness (QED) is 0.596. The van der Waals surface area contributed by atoms with Crippen LogP contribution in [0.4, 0.5) is 0 Å². The molecule has 72 valence electrons. The van der Waals surface area contributed by atoms with Crippen LogP contribution in [0, 0.1) is 0 Å². The van der Waals surface area contributed by atoms with Gasteiger partial charge in [0.15, 0.2) is 0 Å². The van der Waals surface area contributed by atoms with Crippen molar-refractivity contribution in [2.45, 2.75) is 18.1 Å². The van der Waals surface area contributed by atoms with Crippen LogP contribution in [-0.2, 0) is 16.0 Å². The first kappa shape index (κ1) is 10.2. The third-order valence-electron chi connectivity index (χ3n) is 1.72. The highest BCUT2D eigenvalue weighted by Crippen LogP contribution is 2.21. The smallest absolute Gasteiger partial charge is 0.321 e. The molecule has 0 amide bonds. The number of ether oxygens (including phenoxy) is 1. The van der Waals surface area contributed by atoms with Gasteiger partial charge in [0.25, 0.3) is 0 Å². The summed E-state index contributed by atoms with van der Waals surface area (Å²) in [6, 6.07) is 3.58. The van der Waals surface area contributed by atoms with Crippen molar-refractivity contribution in [3.63, 3.8) is 0 Å². The number of rotatable bonds is 3. The first-order valence-electron chi connectivity index (χ1n) is 3.89. The molecule has 0 aliphatic carbocycles. The van der Waals surface area contributed by atoms with Crippen molar-refractivity contribution in [3.05, 3.63) is 24.2 Å². The fourth-order valence-corrected chi connectivity index (χ4v) is 1.29. The van der Waals surface area contributed by atoms with Gasteiger partial charge in [-0.1, -0.05) is 0 Å². The standard InChI is InChI=1S/C9H12O3S/c1-9(13,8(10)11-2)6-7-4-3-5-12-7/h3-5,13H,6H2,1-2H3. The van der Waals surface area contributed by atoms with Crippen molar-refractivity contribution in [3.8, 4) is 0 Å². The maximum Gasteiger partial charge on any atom is 0.321 e. The van der Waals surface area contributed by atoms with E-state index in [1.807, 2.05) is 0 Å². The van der Waals surface area contributed by atoms with E-state index in [2.05, 4.69) is 17.4 Å². The van der Waals surface area contributed by atoms with Crippen molar-refractivity contribution in [1.29, 1.82) is 0 Å². The summed E-state index contributed by atoms with van der Waals surface area (Å²) >= 11 is 4.21. The summed E-state index contributed by atoms with van der Waals surface area (Å²) in [5.74, 6) is 0.370. The van der Waals surface area contributed by atoms with Crippen molar-refractivity contribution >= 4 is 18.6 Å². The summed E-state index contributed by atoms with van der Waals surface area (Å²) < 4.78 is 8.89. The van der Waals surface area contributed by atoms with Crippen LogP contribution in [0.1, 0.15) is 12.7 Å². The van der Waals surface area contributed by atoms with Crippen LogP contribution in [0.2, 0.25) is 0 Å². The minimum Gasteiger partial charge on any atom is -0.469 e. The van der Waals surface area contributed by atoms with Gasteiger partial charge in [-0.3, -0.25) is 4.79 Å². The Kier molecular flexibility index (Phi) is 3.03. The van der Waals surface area contributed by atoms with E-state index in [4.69, 9.17) is 4.42 Å². The van der Waals surface area contributed by atoms with Gasteiger partial charge in [0, 0.05) is 6.42 Å². The molecule has 0 saturated carbocycles. The number of carbonyl (C=O) groups is 1. The summed E-state index contributed by atoms with van der Waals surface area (Å²) in [5, 5.41) is 0. The molecule has 13 heavy (non-hydrogen) atoms. The Hall–Kier alpha value is -0.900. The lowest BCUT2D eigenvalue weighted by molar-refractivity contribution is -0.143. The molecule has 1 unspecified atom stereocenters. The van der Waals surface area contributed by atoms with E-state index in [9.17, 15) is 4.79 Å². The zero-order chi connectivity index (χ0) is 9.90. The number of thiol groups is 1. The lowest BCUT2D eigenvalue weighted by atomic mass is 10.1. The first-order valence-corrected chi connectivity index (χ1v) is 4.34. The Balaban J connectivity index is 2.67. The van der Waals surface area contributed by atoms with Gasteiger partial charge < -0.3 is 9.15 Å². The van der Waals surface area contributed by atoms with E-state index in [1.165, 1.54) is 7.11 Å². The molecule has 0 saturated heterocycles. The second kappa shape index (κ2) is 3.87. The summed E-state index contributed by atoms with van der Waals surface area (Å²) in [4.78, 5) is 11.2. The predicted octanol–water partition coefficient (Wildman–Crippen LogP) is 1.68. The van der Waals surface area contributed by atoms with Gasteiger partial charge in [-0.15, -0.1) is 0 Å². The zero-order valence-electron chi connectivity index (χ0n) is 7.61. The zero-order valence-corrected chi connectivity index (χ0v) is 8.51. The molecule has 0 aliphatic rings. The van der Waals surface area contributed by atoms with Crippen LogP contribution in [0.25, 0.3) is 0 Å². The van der Waals surface area contributed by atoms with Gasteiger partial charge in [-0.2, -0.15) is 12.6 Å². The molecule has 1 atom stereocenters. The average Bonchev–Trinajstić information content (AvgIpc) is 2.54. The van der Waals surface area contributed by atoms with Gasteiger partial charge in [-0.25, -0.2) is 0 Å². The third kappa shape index (κ3) is 2.52. The molecule has 0 aromatic carbocycles. The number of furan rings is 1. The van der Waals surface area contributed by atoms with Crippen molar-refractivity contribution in [2.75, 3.05) is 7.11 Å². The van der Waals surface area contributed by atoms with E-state index >= 15 is 0 Å². The summed E-state index contributed by atoms with van der Waals surface area (Å²) in [6.07, 6.45) is 1.99. The molecule has 3 nitrogen and oxygen atoms in total. The maximum absolute atomic E-state index is 11.2. The molecule has 0 radical (unpaired) electrons. The number of methoxy groups -OCH3 is 1. The lowest BCUT2D eigenvalue weighted by Gasteiger charge is -2.18. The highest BCUT2D eigenvalue weighted by Gasteiger charge is 2.31. The molecule has 4 heteroatoms. The third-order valence-corrected chi connectivity index (χ3v) is 2.06. The van der Waals surface area contributed by atoms with Gasteiger partial charge in [0.2, 0.25) is 0 Å². The SMILES string of the molecule is COC(=O)C(C)(S)Cc1ccco1. The molecule has 1 aromatic rings. The van der Waals surface area contributed by atoms with E-state index in [-0.39, 0.29) is 5.97 Å². The van der Waals surface area contributed by atoms with Gasteiger partial charge in [0.05, 0.1) is 13.4 Å². The molecule has 0 spiro atoms. The van der Waals surface area contributed by atoms with Crippen molar-refractivity contribution in [2.24, 2.45) is 0 Å². The number of hydrogen-bond acceptors (Lipinski definition) is 4. The van der Waals surface area contributed by atoms with E-state index in [0.29, 0.717) is 6.42 Å². The molecule has 1 heterocycles. The van der Waals surface area contributed by atoms with Crippen LogP contribution in [-0.4, -0.2) is 17.8 Å². The topological polar surface area (TPSA) is 39.4 Å². The Morgan fingerprint density at radius 2 is 2.46 bits per heavy atom. The summed E-state index contributed by atoms with van der Waals surface area (Å²) in [6.45, 7) is 1.70. The number of carbonyl (C=O) groups excluding carboxylic acids is 1. The second-order valence-electron chi connectivity index (χ2n) is 3.02. The van der Waals surface area contributed by atoms with Crippen LogP contribution in [0.3, 0.4) is 0 Å². The monoisotopic (exact) mass is 200 g/mol. The number of hydrogen-bond donors (Lipinski definition) is 1. The fraction of sp³-hybridized carbons (Fsp3) is 0.444. The fourth-order valence-electron chi connectivity index (χ4n) is 1.04. The number of esters is 1. The Morgan fingerprint density at radius 3 is 2.92 bits per heavy atom. The molecule has 0 fully saturated rings. The van der Waals surface area contributed by atoms with Gasteiger partial charge >= 0.3 is 5.97 Å². The average molecular weight is 200 g/mol. The Labute approximate surface area is 82.5 Å². The first-order chi connectivity index (χ1) is 6.06. The predicted molar refractivity (Wildman–Crippen MR) is 51.8 cm³/mol. The minimum absolute atomic E-state index is 0.354. The van der Waals surface area contributed by atoms with Crippen LogP contribution < -0.4 is 0 Å². The Morgan fingerprint density at radius 1 is 1.77 bits per heavy atom. The molecule has 0 aliphatic heterocycles. The summed E-state index contributed by atoms with van der Waals surface area (Å²) in [5.41, 5.74) is 0. The normalized spacial score (nSPS) is 15.0. The van der Waals surface area contributed by atoms with Crippen molar-refractivity contribution < 1.29 is 13.9 Å². The lowest BCUT2D eigenvalue weighted by Crippen LogP contribution is -2.32. The molecule has 0 bridgehead atoms. The molecular formula is C9H12O3S. The van der Waals surface area contributed by atoms with E-state index in [0.717, 1.165) is 5.76 Å². The van der Waals surface area contributed by atoms with E-state index in [1.54, 1.807) is 25.3 Å². The van der Waals surface area contributed by atoms with Gasteiger partial charge in [0.1, 0.15) is 10.5 Å². The van der Waals surface area contributed by atoms with Crippen molar-refractivity contribution in [1.82, 2.24) is 0 Å². The minimum atomic E-state index is -0.827. The second-order valence-corrected chi connectivity index (χ2v) is 4.01. The molecule has 0 N–H and O–H groups in total. The molecule has 1 rings (SSSR count). The molecule has 1 aromatic heterocycles. The van der Waals surface area contributed by atoms with Crippen LogP contribution >= 0.6 is 12.6 Å². The van der Waals surface area contributed by atoms with Crippen LogP contribution in [0.15, 0.2) is 22.8 Å². The van der Waals surface area contributed by atoms with Gasteiger partial charge in [-0.05, 0) is 19.1 Å². The largest absolute Gasteiger partial charge is 0.469 e. The van der Waals surface area contributed by atoms with Crippen LogP contribution in [0.5, 0.6) is 0 Å². The van der Waals surface area contributed by atoms with E-state index < -0.39 is 4.75 Å². The molecular weight excluding hydrogens is 188 g/mol. The Bertz CT molecular complexity index is 277. The maximum atomic E-state index is 11.2. The highest BCUT2D eigenvalue weighted by molar-refractivity contribution is 7.82. The summed E-state index contributed by atoms with van der Waals surface area (Å²) in [7, 11) is 1.35.